The quantitative estimate of drug-likeness (QED) is 0.676. The molecule has 0 bridgehead atoms. The van der Waals surface area contributed by atoms with Gasteiger partial charge in [-0.1, -0.05) is 35.9 Å². The first-order chi connectivity index (χ1) is 12.1. The van der Waals surface area contributed by atoms with E-state index >= 15 is 0 Å². The van der Waals surface area contributed by atoms with Crippen LogP contribution in [0.15, 0.2) is 69.2 Å². The predicted octanol–water partition coefficient (Wildman–Crippen LogP) is 3.66. The van der Waals surface area contributed by atoms with Crippen LogP contribution in [0.3, 0.4) is 0 Å². The van der Waals surface area contributed by atoms with Crippen LogP contribution in [0.5, 0.6) is 5.75 Å². The number of allylic oxidation sites excluding steroid dienone is 1. The van der Waals surface area contributed by atoms with Crippen LogP contribution in [0.1, 0.15) is 17.0 Å². The molecule has 1 atom stereocenters. The summed E-state index contributed by atoms with van der Waals surface area (Å²) in [7, 11) is 0. The second-order valence-corrected chi connectivity index (χ2v) is 6.04. The van der Waals surface area contributed by atoms with Gasteiger partial charge >= 0.3 is 5.63 Å². The number of ether oxygens (including phenoxy) is 1. The molecule has 1 aliphatic heterocycles. The third-order valence-electron chi connectivity index (χ3n) is 4.16. The van der Waals surface area contributed by atoms with Crippen LogP contribution in [-0.4, -0.2) is 0 Å². The van der Waals surface area contributed by atoms with Crippen molar-refractivity contribution >= 4 is 22.6 Å². The van der Waals surface area contributed by atoms with E-state index in [1.807, 2.05) is 6.07 Å². The number of nitriles is 1. The molecule has 0 saturated carbocycles. The lowest BCUT2D eigenvalue weighted by Gasteiger charge is -2.26. The Balaban J connectivity index is 2.10. The molecule has 4 rings (SSSR count). The molecule has 5 nitrogen and oxygen atoms in total. The van der Waals surface area contributed by atoms with Gasteiger partial charge in [0.05, 0.1) is 16.9 Å². The number of nitrogens with two attached hydrogens (primary N) is 1. The summed E-state index contributed by atoms with van der Waals surface area (Å²) in [4.78, 5) is 12.7. The molecule has 0 spiro atoms. The summed E-state index contributed by atoms with van der Waals surface area (Å²) < 4.78 is 11.1. The van der Waals surface area contributed by atoms with Gasteiger partial charge in [-0.2, -0.15) is 5.26 Å². The molecule has 2 aromatic carbocycles. The molecule has 2 heterocycles. The first-order valence-corrected chi connectivity index (χ1v) is 7.86. The highest BCUT2D eigenvalue weighted by Crippen LogP contribution is 2.43. The van der Waals surface area contributed by atoms with E-state index in [9.17, 15) is 10.1 Å². The number of rotatable bonds is 1. The Morgan fingerprint density at radius 3 is 2.72 bits per heavy atom. The summed E-state index contributed by atoms with van der Waals surface area (Å²) in [6.45, 7) is 0. The Labute approximate surface area is 147 Å². The topological polar surface area (TPSA) is 89.3 Å². The fraction of sp³-hybridized carbons (Fsp3) is 0.0526. The van der Waals surface area contributed by atoms with Crippen LogP contribution in [-0.2, 0) is 0 Å². The Morgan fingerprint density at radius 1 is 1.16 bits per heavy atom. The second kappa shape index (κ2) is 5.69. The van der Waals surface area contributed by atoms with Gasteiger partial charge in [-0.05, 0) is 29.8 Å². The van der Waals surface area contributed by atoms with E-state index in [0.29, 0.717) is 27.3 Å². The number of nitrogens with zero attached hydrogens (tertiary/aromatic N) is 1. The zero-order valence-electron chi connectivity index (χ0n) is 12.8. The Bertz CT molecular complexity index is 1140. The fourth-order valence-corrected chi connectivity index (χ4v) is 3.28. The van der Waals surface area contributed by atoms with Crippen molar-refractivity contribution in [3.05, 3.63) is 86.6 Å². The largest absolute Gasteiger partial charge is 0.439 e. The number of benzene rings is 2. The van der Waals surface area contributed by atoms with Crippen molar-refractivity contribution < 1.29 is 9.15 Å². The molecule has 0 unspecified atom stereocenters. The number of fused-ring (bicyclic) bond motifs is 3. The van der Waals surface area contributed by atoms with Crippen LogP contribution >= 0.6 is 11.6 Å². The number of halogens is 1. The van der Waals surface area contributed by atoms with Crippen molar-refractivity contribution in [2.45, 2.75) is 5.92 Å². The van der Waals surface area contributed by atoms with E-state index in [-0.39, 0.29) is 17.0 Å². The SMILES string of the molecule is N#CC1=C(N)Oc2c(c(=O)oc3ccccc23)[C@H]1c1cccc(Cl)c1. The van der Waals surface area contributed by atoms with Gasteiger partial charge in [0, 0.05) is 5.02 Å². The lowest BCUT2D eigenvalue weighted by Crippen LogP contribution is -2.26. The van der Waals surface area contributed by atoms with Gasteiger partial charge in [0.25, 0.3) is 0 Å². The Hall–Kier alpha value is -3.23. The van der Waals surface area contributed by atoms with Crippen LogP contribution in [0.4, 0.5) is 0 Å². The van der Waals surface area contributed by atoms with Crippen LogP contribution in [0, 0.1) is 11.3 Å². The maximum atomic E-state index is 12.7. The molecule has 1 aromatic heterocycles. The van der Waals surface area contributed by atoms with Crippen molar-refractivity contribution in [2.24, 2.45) is 5.73 Å². The lowest BCUT2D eigenvalue weighted by molar-refractivity contribution is 0.388. The molecule has 3 aromatic rings. The summed E-state index contributed by atoms with van der Waals surface area (Å²) in [6.07, 6.45) is 0. The zero-order valence-corrected chi connectivity index (χ0v) is 13.6. The van der Waals surface area contributed by atoms with Gasteiger partial charge in [-0.25, -0.2) is 4.79 Å². The van der Waals surface area contributed by atoms with Crippen LogP contribution in [0.2, 0.25) is 5.02 Å². The Kier molecular flexibility index (Phi) is 3.48. The minimum atomic E-state index is -0.701. The summed E-state index contributed by atoms with van der Waals surface area (Å²) in [5, 5.41) is 10.7. The molecule has 0 amide bonds. The van der Waals surface area contributed by atoms with Gasteiger partial charge in [0.15, 0.2) is 5.75 Å². The smallest absolute Gasteiger partial charge is 0.344 e. The van der Waals surface area contributed by atoms with Gasteiger partial charge in [-0.3, -0.25) is 0 Å². The molecular weight excluding hydrogens is 340 g/mol. The molecule has 0 radical (unpaired) electrons. The van der Waals surface area contributed by atoms with E-state index in [1.165, 1.54) is 0 Å². The average molecular weight is 351 g/mol. The third-order valence-corrected chi connectivity index (χ3v) is 4.39. The molecule has 0 aliphatic carbocycles. The summed E-state index contributed by atoms with van der Waals surface area (Å²) >= 11 is 6.09. The third kappa shape index (κ3) is 2.35. The van der Waals surface area contributed by atoms with Crippen molar-refractivity contribution in [3.8, 4) is 11.8 Å². The molecule has 2 N–H and O–H groups in total. The van der Waals surface area contributed by atoms with Crippen LogP contribution in [0.25, 0.3) is 11.0 Å². The number of hydrogen-bond acceptors (Lipinski definition) is 5. The second-order valence-electron chi connectivity index (χ2n) is 5.61. The number of para-hydroxylation sites is 1. The first-order valence-electron chi connectivity index (χ1n) is 7.49. The standard InChI is InChI=1S/C19H11ClN2O3/c20-11-5-3-4-10(8-11)15-13(9-21)18(22)25-17-12-6-1-2-7-14(12)24-19(23)16(15)17/h1-8,15H,22H2/t15-/m0/s1. The monoisotopic (exact) mass is 350 g/mol. The minimum Gasteiger partial charge on any atom is -0.439 e. The molecule has 25 heavy (non-hydrogen) atoms. The van der Waals surface area contributed by atoms with Crippen molar-refractivity contribution in [1.82, 2.24) is 0 Å². The van der Waals surface area contributed by atoms with E-state index in [4.69, 9.17) is 26.5 Å². The summed E-state index contributed by atoms with van der Waals surface area (Å²) in [5.74, 6) is -0.419. The first kappa shape index (κ1) is 15.3. The van der Waals surface area contributed by atoms with Crippen molar-refractivity contribution in [3.63, 3.8) is 0 Å². The van der Waals surface area contributed by atoms with Gasteiger partial charge in [-0.15, -0.1) is 0 Å². The maximum Gasteiger partial charge on any atom is 0.344 e. The minimum absolute atomic E-state index is 0.0317. The van der Waals surface area contributed by atoms with E-state index < -0.39 is 11.5 Å². The van der Waals surface area contributed by atoms with E-state index in [0.717, 1.165) is 0 Å². The predicted molar refractivity (Wildman–Crippen MR) is 93.2 cm³/mol. The summed E-state index contributed by atoms with van der Waals surface area (Å²) in [5.41, 5.74) is 6.86. The molecule has 0 saturated heterocycles. The van der Waals surface area contributed by atoms with E-state index in [2.05, 4.69) is 0 Å². The maximum absolute atomic E-state index is 12.7. The Morgan fingerprint density at radius 2 is 1.96 bits per heavy atom. The number of hydrogen-bond donors (Lipinski definition) is 1. The van der Waals surface area contributed by atoms with Crippen molar-refractivity contribution in [1.29, 1.82) is 5.26 Å². The highest BCUT2D eigenvalue weighted by atomic mass is 35.5. The van der Waals surface area contributed by atoms with Gasteiger partial charge < -0.3 is 14.9 Å². The zero-order chi connectivity index (χ0) is 17.6. The average Bonchev–Trinajstić information content (AvgIpc) is 2.60. The fourth-order valence-electron chi connectivity index (χ4n) is 3.09. The molecule has 1 aliphatic rings. The molecule has 6 heteroatoms. The highest BCUT2D eigenvalue weighted by molar-refractivity contribution is 6.30. The van der Waals surface area contributed by atoms with Crippen LogP contribution < -0.4 is 16.1 Å². The molecule has 0 fully saturated rings. The molecule has 122 valence electrons. The van der Waals surface area contributed by atoms with Gasteiger partial charge in [0.1, 0.15) is 17.2 Å². The van der Waals surface area contributed by atoms with Crippen molar-refractivity contribution in [2.75, 3.05) is 0 Å². The van der Waals surface area contributed by atoms with Gasteiger partial charge in [0.2, 0.25) is 5.88 Å². The van der Waals surface area contributed by atoms with E-state index in [1.54, 1.807) is 48.5 Å². The highest BCUT2D eigenvalue weighted by Gasteiger charge is 2.35. The lowest BCUT2D eigenvalue weighted by atomic mass is 9.84. The normalized spacial score (nSPS) is 16.2. The summed E-state index contributed by atoms with van der Waals surface area (Å²) in [6, 6.07) is 16.0. The molecular formula is C19H11ClN2O3.